The molecule has 8 nitrogen and oxygen atoms in total. The molecule has 1 aromatic heterocycles. The van der Waals surface area contributed by atoms with Crippen molar-refractivity contribution in [1.82, 2.24) is 20.0 Å². The van der Waals surface area contributed by atoms with E-state index in [9.17, 15) is 9.90 Å². The summed E-state index contributed by atoms with van der Waals surface area (Å²) in [6, 6.07) is 15.7. The fraction of sp³-hybridized carbons (Fsp3) is 0.360. The molecule has 0 saturated carbocycles. The third-order valence-corrected chi connectivity index (χ3v) is 5.91. The minimum atomic E-state index is -0.201. The Bertz CT molecular complexity index is 1100. The molecule has 0 spiro atoms. The number of nitrogens with zero attached hydrogens (tertiary/aromatic N) is 3. The number of carbonyl (C=O) groups excluding carboxylic acids is 1. The van der Waals surface area contributed by atoms with Gasteiger partial charge in [0.05, 0.1) is 27.4 Å². The van der Waals surface area contributed by atoms with Crippen LogP contribution in [0, 0.1) is 0 Å². The first-order valence-corrected chi connectivity index (χ1v) is 11.1. The zero-order chi connectivity index (χ0) is 23.2. The number of para-hydroxylation sites is 1. The van der Waals surface area contributed by atoms with Crippen molar-refractivity contribution in [3.8, 4) is 11.5 Å². The van der Waals surface area contributed by atoms with Crippen molar-refractivity contribution in [2.75, 3.05) is 27.4 Å². The van der Waals surface area contributed by atoms with Gasteiger partial charge in [0.2, 0.25) is 0 Å². The maximum atomic E-state index is 13.1. The summed E-state index contributed by atoms with van der Waals surface area (Å²) in [4.78, 5) is 15.3. The predicted molar refractivity (Wildman–Crippen MR) is 124 cm³/mol. The molecule has 2 N–H and O–H groups in total. The summed E-state index contributed by atoms with van der Waals surface area (Å²) in [5.41, 5.74) is 4.42. The lowest BCUT2D eigenvalue weighted by Crippen LogP contribution is -2.32. The van der Waals surface area contributed by atoms with Crippen molar-refractivity contribution in [1.29, 1.82) is 0 Å². The summed E-state index contributed by atoms with van der Waals surface area (Å²) in [6.07, 6.45) is 0.751. The molecule has 2 aromatic carbocycles. The van der Waals surface area contributed by atoms with Crippen molar-refractivity contribution >= 4 is 5.91 Å². The van der Waals surface area contributed by atoms with E-state index < -0.39 is 0 Å². The second-order valence-corrected chi connectivity index (χ2v) is 8.00. The van der Waals surface area contributed by atoms with Crippen LogP contribution in [0.3, 0.4) is 0 Å². The Morgan fingerprint density at radius 1 is 1.12 bits per heavy atom. The van der Waals surface area contributed by atoms with Crippen LogP contribution in [0.25, 0.3) is 0 Å². The van der Waals surface area contributed by atoms with Crippen LogP contribution < -0.4 is 14.8 Å². The summed E-state index contributed by atoms with van der Waals surface area (Å²) in [5, 5.41) is 17.0. The molecule has 1 aliphatic rings. The Labute approximate surface area is 193 Å². The Kier molecular flexibility index (Phi) is 7.26. The van der Waals surface area contributed by atoms with E-state index in [2.05, 4.69) is 15.3 Å². The number of nitrogens with one attached hydrogen (secondary N) is 1. The molecule has 3 aromatic rings. The van der Waals surface area contributed by atoms with Crippen LogP contribution in [-0.2, 0) is 32.6 Å². The van der Waals surface area contributed by atoms with Crippen LogP contribution in [0.4, 0.5) is 0 Å². The number of amides is 1. The van der Waals surface area contributed by atoms with Crippen LogP contribution in [0.15, 0.2) is 48.5 Å². The van der Waals surface area contributed by atoms with E-state index in [0.717, 1.165) is 41.1 Å². The maximum Gasteiger partial charge on any atom is 0.272 e. The molecule has 1 aliphatic heterocycles. The van der Waals surface area contributed by atoms with Gasteiger partial charge in [-0.2, -0.15) is 5.10 Å². The molecular weight excluding hydrogens is 420 g/mol. The summed E-state index contributed by atoms with van der Waals surface area (Å²) < 4.78 is 12.8. The van der Waals surface area contributed by atoms with E-state index >= 15 is 0 Å². The van der Waals surface area contributed by atoms with Gasteiger partial charge in [0.15, 0.2) is 17.2 Å². The number of aliphatic hydroxyl groups excluding tert-OH is 1. The third-order valence-electron chi connectivity index (χ3n) is 5.91. The van der Waals surface area contributed by atoms with E-state index in [1.165, 1.54) is 0 Å². The molecule has 0 saturated heterocycles. The average Bonchev–Trinajstić information content (AvgIpc) is 3.21. The standard InChI is InChI=1S/C25H30N4O4/c1-32-22-10-6-9-19(24(22)33-2)16-28-12-11-21-20(17-28)23(27-29(21)13-14-30)25(31)26-15-18-7-4-3-5-8-18/h3-10,30H,11-17H2,1-2H3,(H,26,31). The van der Waals surface area contributed by atoms with E-state index in [0.29, 0.717) is 37.6 Å². The van der Waals surface area contributed by atoms with Crippen LogP contribution in [0.5, 0.6) is 11.5 Å². The topological polar surface area (TPSA) is 88.9 Å². The first kappa shape index (κ1) is 22.8. The molecule has 0 unspecified atom stereocenters. The van der Waals surface area contributed by atoms with Crippen LogP contribution in [0.1, 0.15) is 32.9 Å². The normalized spacial score (nSPS) is 13.4. The molecule has 1 amide bonds. The van der Waals surface area contributed by atoms with Gasteiger partial charge in [-0.15, -0.1) is 0 Å². The number of fused-ring (bicyclic) bond motifs is 1. The van der Waals surface area contributed by atoms with E-state index in [-0.39, 0.29) is 12.5 Å². The number of methoxy groups -OCH3 is 2. The Morgan fingerprint density at radius 2 is 1.94 bits per heavy atom. The minimum Gasteiger partial charge on any atom is -0.493 e. The predicted octanol–water partition coefficient (Wildman–Crippen LogP) is 2.38. The quantitative estimate of drug-likeness (QED) is 0.520. The molecule has 0 radical (unpaired) electrons. The molecule has 4 rings (SSSR count). The fourth-order valence-corrected chi connectivity index (χ4v) is 4.32. The van der Waals surface area contributed by atoms with Gasteiger partial charge in [-0.05, 0) is 11.6 Å². The fourth-order valence-electron chi connectivity index (χ4n) is 4.32. The van der Waals surface area contributed by atoms with E-state index in [1.807, 2.05) is 48.5 Å². The van der Waals surface area contributed by atoms with Gasteiger partial charge in [0.1, 0.15) is 0 Å². The monoisotopic (exact) mass is 450 g/mol. The molecule has 174 valence electrons. The largest absolute Gasteiger partial charge is 0.493 e. The Hall–Kier alpha value is -3.36. The SMILES string of the molecule is COc1cccc(CN2CCc3c(c(C(=O)NCc4ccccc4)nn3CCO)C2)c1OC. The van der Waals surface area contributed by atoms with Crippen molar-refractivity contribution in [2.24, 2.45) is 0 Å². The van der Waals surface area contributed by atoms with Crippen molar-refractivity contribution in [3.05, 3.63) is 76.6 Å². The van der Waals surface area contributed by atoms with Gasteiger partial charge < -0.3 is 19.9 Å². The zero-order valence-electron chi connectivity index (χ0n) is 19.1. The molecular formula is C25H30N4O4. The minimum absolute atomic E-state index is 0.0239. The average molecular weight is 451 g/mol. The highest BCUT2D eigenvalue weighted by Gasteiger charge is 2.28. The lowest BCUT2D eigenvalue weighted by molar-refractivity contribution is 0.0942. The molecule has 0 aliphatic carbocycles. The maximum absolute atomic E-state index is 13.1. The number of benzene rings is 2. The number of hydrogen-bond acceptors (Lipinski definition) is 6. The number of carbonyl (C=O) groups is 1. The third kappa shape index (κ3) is 5.02. The van der Waals surface area contributed by atoms with Gasteiger partial charge in [-0.1, -0.05) is 42.5 Å². The first-order chi connectivity index (χ1) is 16.1. The number of hydrogen-bond donors (Lipinski definition) is 2. The van der Waals surface area contributed by atoms with Gasteiger partial charge in [0.25, 0.3) is 5.91 Å². The van der Waals surface area contributed by atoms with E-state index in [1.54, 1.807) is 18.9 Å². The van der Waals surface area contributed by atoms with Crippen LogP contribution in [0.2, 0.25) is 0 Å². The van der Waals surface area contributed by atoms with Gasteiger partial charge >= 0.3 is 0 Å². The Morgan fingerprint density at radius 3 is 2.67 bits per heavy atom. The van der Waals surface area contributed by atoms with Crippen LogP contribution >= 0.6 is 0 Å². The highest BCUT2D eigenvalue weighted by Crippen LogP contribution is 2.33. The number of aliphatic hydroxyl groups is 1. The molecule has 0 fully saturated rings. The zero-order valence-corrected chi connectivity index (χ0v) is 19.1. The molecule has 0 atom stereocenters. The summed E-state index contributed by atoms with van der Waals surface area (Å²) in [5.74, 6) is 1.22. The summed E-state index contributed by atoms with van der Waals surface area (Å²) >= 11 is 0. The van der Waals surface area contributed by atoms with Crippen LogP contribution in [-0.4, -0.2) is 53.1 Å². The molecule has 33 heavy (non-hydrogen) atoms. The van der Waals surface area contributed by atoms with Gasteiger partial charge in [0, 0.05) is 49.4 Å². The molecule has 8 heteroatoms. The van der Waals surface area contributed by atoms with Gasteiger partial charge in [-0.25, -0.2) is 0 Å². The molecule has 2 heterocycles. The summed E-state index contributed by atoms with van der Waals surface area (Å²) in [7, 11) is 3.27. The van der Waals surface area contributed by atoms with Crippen molar-refractivity contribution in [2.45, 2.75) is 32.6 Å². The Balaban J connectivity index is 1.55. The highest BCUT2D eigenvalue weighted by molar-refractivity contribution is 5.94. The number of rotatable bonds is 9. The lowest BCUT2D eigenvalue weighted by atomic mass is 10.0. The number of ether oxygens (including phenoxy) is 2. The molecule has 0 bridgehead atoms. The van der Waals surface area contributed by atoms with Crippen molar-refractivity contribution < 1.29 is 19.4 Å². The second-order valence-electron chi connectivity index (χ2n) is 8.00. The number of aromatic nitrogens is 2. The summed E-state index contributed by atoms with van der Waals surface area (Å²) in [6.45, 7) is 2.86. The van der Waals surface area contributed by atoms with Crippen molar-refractivity contribution in [3.63, 3.8) is 0 Å². The lowest BCUT2D eigenvalue weighted by Gasteiger charge is -2.28. The highest BCUT2D eigenvalue weighted by atomic mass is 16.5. The van der Waals surface area contributed by atoms with E-state index in [4.69, 9.17) is 9.47 Å². The first-order valence-electron chi connectivity index (χ1n) is 11.1. The van der Waals surface area contributed by atoms with Gasteiger partial charge in [-0.3, -0.25) is 14.4 Å². The second kappa shape index (κ2) is 10.5. The smallest absolute Gasteiger partial charge is 0.272 e.